The lowest BCUT2D eigenvalue weighted by atomic mass is 10.00. The van der Waals surface area contributed by atoms with Gasteiger partial charge in [0, 0.05) is 31.5 Å². The molecule has 4 heteroatoms. The summed E-state index contributed by atoms with van der Waals surface area (Å²) in [6.07, 6.45) is 1.30. The second-order valence-electron chi connectivity index (χ2n) is 4.42. The van der Waals surface area contributed by atoms with Crippen molar-refractivity contribution in [2.75, 3.05) is 38.8 Å². The molecule has 15 heavy (non-hydrogen) atoms. The van der Waals surface area contributed by atoms with Gasteiger partial charge in [-0.15, -0.1) is 0 Å². The molecule has 3 unspecified atom stereocenters. The number of thioether (sulfide) groups is 1. The van der Waals surface area contributed by atoms with Gasteiger partial charge in [0.25, 0.3) is 0 Å². The third-order valence-electron chi connectivity index (χ3n) is 3.33. The van der Waals surface area contributed by atoms with Crippen molar-refractivity contribution in [3.63, 3.8) is 0 Å². The first-order valence-electron chi connectivity index (χ1n) is 5.69. The highest BCUT2D eigenvalue weighted by Gasteiger charge is 2.28. The molecule has 90 valence electrons. The summed E-state index contributed by atoms with van der Waals surface area (Å²) in [7, 11) is 3.97. The van der Waals surface area contributed by atoms with Crippen LogP contribution in [0.1, 0.15) is 13.3 Å². The molecule has 1 saturated heterocycles. The van der Waals surface area contributed by atoms with E-state index in [1.165, 1.54) is 17.9 Å². The van der Waals surface area contributed by atoms with Crippen molar-refractivity contribution in [3.05, 3.63) is 0 Å². The highest BCUT2D eigenvalue weighted by molar-refractivity contribution is 7.99. The third kappa shape index (κ3) is 3.63. The summed E-state index contributed by atoms with van der Waals surface area (Å²) in [5, 5.41) is 0. The van der Waals surface area contributed by atoms with E-state index in [4.69, 9.17) is 10.5 Å². The Kier molecular flexibility index (Phi) is 5.97. The van der Waals surface area contributed by atoms with E-state index >= 15 is 0 Å². The largest absolute Gasteiger partial charge is 0.384 e. The molecule has 2 N–H and O–H groups in total. The second-order valence-corrected chi connectivity index (χ2v) is 5.57. The summed E-state index contributed by atoms with van der Waals surface area (Å²) in [4.78, 5) is 2.46. The standard InChI is InChI=1S/C11H24N2OS/c1-9(7-14-3)11(6-12)13(2)10-4-5-15-8-10/h9-11H,4-8,12H2,1-3H3. The highest BCUT2D eigenvalue weighted by atomic mass is 32.2. The second kappa shape index (κ2) is 6.74. The molecule has 0 saturated carbocycles. The van der Waals surface area contributed by atoms with Crippen molar-refractivity contribution in [1.82, 2.24) is 4.90 Å². The molecule has 0 radical (unpaired) electrons. The minimum Gasteiger partial charge on any atom is -0.384 e. The van der Waals surface area contributed by atoms with Crippen LogP contribution in [0.3, 0.4) is 0 Å². The monoisotopic (exact) mass is 232 g/mol. The lowest BCUT2D eigenvalue weighted by Crippen LogP contribution is -2.48. The van der Waals surface area contributed by atoms with Gasteiger partial charge in [-0.2, -0.15) is 11.8 Å². The Morgan fingerprint density at radius 2 is 2.33 bits per heavy atom. The van der Waals surface area contributed by atoms with Crippen LogP contribution < -0.4 is 5.73 Å². The van der Waals surface area contributed by atoms with Crippen LogP contribution in [0.4, 0.5) is 0 Å². The van der Waals surface area contributed by atoms with E-state index in [0.29, 0.717) is 18.0 Å². The van der Waals surface area contributed by atoms with E-state index in [1.54, 1.807) is 7.11 Å². The molecule has 1 fully saturated rings. The van der Waals surface area contributed by atoms with E-state index in [9.17, 15) is 0 Å². The van der Waals surface area contributed by atoms with Gasteiger partial charge in [-0.05, 0) is 25.1 Å². The molecular weight excluding hydrogens is 208 g/mol. The lowest BCUT2D eigenvalue weighted by Gasteiger charge is -2.35. The molecule has 0 amide bonds. The van der Waals surface area contributed by atoms with Crippen molar-refractivity contribution in [2.24, 2.45) is 11.7 Å². The van der Waals surface area contributed by atoms with Crippen LogP contribution in [0, 0.1) is 5.92 Å². The number of rotatable bonds is 6. The van der Waals surface area contributed by atoms with Crippen molar-refractivity contribution in [2.45, 2.75) is 25.4 Å². The van der Waals surface area contributed by atoms with E-state index in [1.807, 2.05) is 11.8 Å². The summed E-state index contributed by atoms with van der Waals surface area (Å²) in [5.74, 6) is 3.06. The van der Waals surface area contributed by atoms with Gasteiger partial charge in [0.05, 0.1) is 6.61 Å². The number of ether oxygens (including phenoxy) is 1. The first kappa shape index (κ1) is 13.3. The number of nitrogens with zero attached hydrogens (tertiary/aromatic N) is 1. The van der Waals surface area contributed by atoms with Gasteiger partial charge in [0.2, 0.25) is 0 Å². The van der Waals surface area contributed by atoms with E-state index in [-0.39, 0.29) is 0 Å². The van der Waals surface area contributed by atoms with Crippen LogP contribution in [-0.2, 0) is 4.74 Å². The zero-order chi connectivity index (χ0) is 11.3. The lowest BCUT2D eigenvalue weighted by molar-refractivity contribution is 0.0819. The fourth-order valence-electron chi connectivity index (χ4n) is 2.29. The van der Waals surface area contributed by atoms with Gasteiger partial charge >= 0.3 is 0 Å². The molecule has 0 aromatic heterocycles. The molecule has 3 nitrogen and oxygen atoms in total. The number of hydrogen-bond donors (Lipinski definition) is 1. The first-order chi connectivity index (χ1) is 7.20. The number of nitrogens with two attached hydrogens (primary N) is 1. The zero-order valence-corrected chi connectivity index (χ0v) is 10.9. The Morgan fingerprint density at radius 1 is 1.60 bits per heavy atom. The quantitative estimate of drug-likeness (QED) is 0.742. The summed E-state index contributed by atoms with van der Waals surface area (Å²) >= 11 is 2.05. The van der Waals surface area contributed by atoms with Crippen LogP contribution in [0.25, 0.3) is 0 Å². The highest BCUT2D eigenvalue weighted by Crippen LogP contribution is 2.24. The fraction of sp³-hybridized carbons (Fsp3) is 1.00. The zero-order valence-electron chi connectivity index (χ0n) is 10.1. The van der Waals surface area contributed by atoms with Crippen LogP contribution in [-0.4, -0.2) is 55.8 Å². The molecule has 1 heterocycles. The third-order valence-corrected chi connectivity index (χ3v) is 4.48. The maximum Gasteiger partial charge on any atom is 0.0503 e. The first-order valence-corrected chi connectivity index (χ1v) is 6.84. The minimum atomic E-state index is 0.452. The van der Waals surface area contributed by atoms with Gasteiger partial charge in [-0.25, -0.2) is 0 Å². The molecule has 3 atom stereocenters. The maximum atomic E-state index is 5.87. The van der Waals surface area contributed by atoms with Crippen LogP contribution in [0.2, 0.25) is 0 Å². The molecular formula is C11H24N2OS. The molecule has 0 aromatic carbocycles. The van der Waals surface area contributed by atoms with Gasteiger partial charge in [-0.3, -0.25) is 4.90 Å². The Hall–Kier alpha value is 0.230. The molecule has 1 rings (SSSR count). The molecule has 0 bridgehead atoms. The van der Waals surface area contributed by atoms with Crippen molar-refractivity contribution in [1.29, 1.82) is 0 Å². The smallest absolute Gasteiger partial charge is 0.0503 e. The summed E-state index contributed by atoms with van der Waals surface area (Å²) in [5.41, 5.74) is 5.87. The van der Waals surface area contributed by atoms with Crippen molar-refractivity contribution < 1.29 is 4.74 Å². The molecule has 0 aromatic rings. The van der Waals surface area contributed by atoms with Gasteiger partial charge in [0.1, 0.15) is 0 Å². The predicted octanol–water partition coefficient (Wildman–Crippen LogP) is 1.03. The molecule has 1 aliphatic heterocycles. The van der Waals surface area contributed by atoms with E-state index in [0.717, 1.165) is 13.2 Å². The molecule has 1 aliphatic rings. The average Bonchev–Trinajstić information content (AvgIpc) is 2.71. The Labute approximate surface area is 97.7 Å². The fourth-order valence-corrected chi connectivity index (χ4v) is 3.57. The summed E-state index contributed by atoms with van der Waals surface area (Å²) in [6, 6.07) is 1.16. The average molecular weight is 232 g/mol. The van der Waals surface area contributed by atoms with Crippen LogP contribution in [0.15, 0.2) is 0 Å². The van der Waals surface area contributed by atoms with Crippen LogP contribution >= 0.6 is 11.8 Å². The Bertz CT molecular complexity index is 174. The molecule has 0 spiro atoms. The normalized spacial score (nSPS) is 25.8. The maximum absolute atomic E-state index is 5.87. The summed E-state index contributed by atoms with van der Waals surface area (Å²) in [6.45, 7) is 3.74. The van der Waals surface area contributed by atoms with E-state index < -0.39 is 0 Å². The SMILES string of the molecule is COCC(C)C(CN)N(C)C1CCSC1. The van der Waals surface area contributed by atoms with E-state index in [2.05, 4.69) is 18.9 Å². The van der Waals surface area contributed by atoms with Crippen molar-refractivity contribution in [3.8, 4) is 0 Å². The van der Waals surface area contributed by atoms with Gasteiger partial charge < -0.3 is 10.5 Å². The number of hydrogen-bond acceptors (Lipinski definition) is 4. The Balaban J connectivity index is 2.48. The predicted molar refractivity (Wildman–Crippen MR) is 67.4 cm³/mol. The van der Waals surface area contributed by atoms with Gasteiger partial charge in [0.15, 0.2) is 0 Å². The Morgan fingerprint density at radius 3 is 2.80 bits per heavy atom. The molecule has 0 aliphatic carbocycles. The topological polar surface area (TPSA) is 38.5 Å². The van der Waals surface area contributed by atoms with Crippen LogP contribution in [0.5, 0.6) is 0 Å². The van der Waals surface area contributed by atoms with Gasteiger partial charge in [-0.1, -0.05) is 6.92 Å². The summed E-state index contributed by atoms with van der Waals surface area (Å²) < 4.78 is 5.21. The number of methoxy groups -OCH3 is 1. The minimum absolute atomic E-state index is 0.452. The number of likely N-dealkylation sites (N-methyl/N-ethyl adjacent to an activating group) is 1. The van der Waals surface area contributed by atoms with Crippen molar-refractivity contribution >= 4 is 11.8 Å².